The number of hydrogen-bond donors (Lipinski definition) is 1. The fraction of sp³-hybridized carbons (Fsp3) is 0.100. The molecule has 0 unspecified atom stereocenters. The van der Waals surface area contributed by atoms with Crippen molar-refractivity contribution in [2.45, 2.75) is 6.92 Å². The molecule has 60 valence electrons. The van der Waals surface area contributed by atoms with E-state index in [0.717, 1.165) is 11.1 Å². The highest BCUT2D eigenvalue weighted by atomic mass is 16.3. The summed E-state index contributed by atoms with van der Waals surface area (Å²) in [5, 5.41) is 17.4. The molecule has 0 atom stereocenters. The van der Waals surface area contributed by atoms with Crippen molar-refractivity contribution < 1.29 is 5.11 Å². The van der Waals surface area contributed by atoms with Gasteiger partial charge in [-0.25, -0.2) is 0 Å². The largest absolute Gasteiger partial charge is 0.508 e. The quantitative estimate of drug-likeness (QED) is 0.638. The molecule has 1 N–H and O–H groups in total. The third-order valence-electron chi connectivity index (χ3n) is 1.57. The van der Waals surface area contributed by atoms with E-state index in [1.807, 2.05) is 19.1 Å². The number of rotatable bonds is 1. The number of allylic oxidation sites excluding steroid dienone is 1. The number of nitrogens with zero attached hydrogens (tertiary/aromatic N) is 1. The lowest BCUT2D eigenvalue weighted by molar-refractivity contribution is 0.471. The summed E-state index contributed by atoms with van der Waals surface area (Å²) in [5.41, 5.74) is 1.74. The molecule has 0 heterocycles. The van der Waals surface area contributed by atoms with Gasteiger partial charge in [-0.1, -0.05) is 6.07 Å². The van der Waals surface area contributed by atoms with Crippen LogP contribution in [0, 0.1) is 18.3 Å². The van der Waals surface area contributed by atoms with Crippen LogP contribution in [0.25, 0.3) is 6.08 Å². The highest BCUT2D eigenvalue weighted by molar-refractivity contribution is 5.54. The summed E-state index contributed by atoms with van der Waals surface area (Å²) >= 11 is 0. The maximum Gasteiger partial charge on any atom is 0.118 e. The third kappa shape index (κ3) is 1.86. The Hall–Kier alpha value is -1.75. The fourth-order valence-corrected chi connectivity index (χ4v) is 0.916. The predicted molar refractivity (Wildman–Crippen MR) is 47.5 cm³/mol. The molecule has 0 saturated heterocycles. The average Bonchev–Trinajstić information content (AvgIpc) is 2.07. The normalized spacial score (nSPS) is 10.0. The Morgan fingerprint density at radius 2 is 2.25 bits per heavy atom. The van der Waals surface area contributed by atoms with Crippen molar-refractivity contribution in [3.05, 3.63) is 35.4 Å². The lowest BCUT2D eigenvalue weighted by Gasteiger charge is -1.98. The Bertz CT molecular complexity index is 347. The number of nitriles is 1. The zero-order valence-corrected chi connectivity index (χ0v) is 6.78. The zero-order valence-electron chi connectivity index (χ0n) is 6.78. The second-order valence-electron chi connectivity index (χ2n) is 2.51. The number of hydrogen-bond acceptors (Lipinski definition) is 2. The second kappa shape index (κ2) is 3.59. The van der Waals surface area contributed by atoms with Crippen molar-refractivity contribution in [2.75, 3.05) is 0 Å². The molecule has 0 aliphatic carbocycles. The summed E-state index contributed by atoms with van der Waals surface area (Å²) in [5.74, 6) is 0.282. The molecular formula is C10H9NO. The number of phenolic OH excluding ortho intramolecular Hbond substituents is 1. The number of aromatic hydroxyl groups is 1. The van der Waals surface area contributed by atoms with Gasteiger partial charge in [-0.05, 0) is 36.3 Å². The molecule has 12 heavy (non-hydrogen) atoms. The van der Waals surface area contributed by atoms with Crippen LogP contribution in [0.3, 0.4) is 0 Å². The van der Waals surface area contributed by atoms with Crippen LogP contribution in [0.5, 0.6) is 5.75 Å². The molecular weight excluding hydrogens is 150 g/mol. The van der Waals surface area contributed by atoms with Crippen molar-refractivity contribution >= 4 is 6.08 Å². The minimum Gasteiger partial charge on any atom is -0.508 e. The monoisotopic (exact) mass is 159 g/mol. The van der Waals surface area contributed by atoms with E-state index in [9.17, 15) is 5.11 Å². The Kier molecular flexibility index (Phi) is 2.49. The van der Waals surface area contributed by atoms with Gasteiger partial charge in [0, 0.05) is 6.08 Å². The van der Waals surface area contributed by atoms with Gasteiger partial charge in [-0.15, -0.1) is 0 Å². The number of aryl methyl sites for hydroxylation is 1. The molecule has 1 aromatic rings. The van der Waals surface area contributed by atoms with Crippen LogP contribution in [0.4, 0.5) is 0 Å². The van der Waals surface area contributed by atoms with E-state index in [0.29, 0.717) is 0 Å². The van der Waals surface area contributed by atoms with Gasteiger partial charge in [-0.3, -0.25) is 0 Å². The molecule has 0 aromatic heterocycles. The summed E-state index contributed by atoms with van der Waals surface area (Å²) in [6.45, 7) is 1.82. The molecule has 0 aliphatic heterocycles. The lowest BCUT2D eigenvalue weighted by atomic mass is 10.1. The van der Waals surface area contributed by atoms with Crippen LogP contribution >= 0.6 is 0 Å². The molecule has 0 fully saturated rings. The van der Waals surface area contributed by atoms with E-state index in [4.69, 9.17) is 5.26 Å². The first-order valence-corrected chi connectivity index (χ1v) is 3.60. The summed E-state index contributed by atoms with van der Waals surface area (Å²) < 4.78 is 0. The highest BCUT2D eigenvalue weighted by Gasteiger charge is 1.93. The van der Waals surface area contributed by atoms with Crippen LogP contribution in [0.15, 0.2) is 24.3 Å². The minimum absolute atomic E-state index is 0.282. The molecule has 0 amide bonds. The standard InChI is InChI=1S/C10H9NO/c1-8-7-9(3-2-6-11)4-5-10(8)12/h2-5,7,12H,1H3/b3-2+. The maximum atomic E-state index is 9.18. The van der Waals surface area contributed by atoms with E-state index < -0.39 is 0 Å². The van der Waals surface area contributed by atoms with Crippen molar-refractivity contribution in [3.8, 4) is 11.8 Å². The smallest absolute Gasteiger partial charge is 0.118 e. The van der Waals surface area contributed by atoms with Crippen LogP contribution < -0.4 is 0 Å². The maximum absolute atomic E-state index is 9.18. The van der Waals surface area contributed by atoms with E-state index in [1.54, 1.807) is 18.2 Å². The first-order valence-electron chi connectivity index (χ1n) is 3.60. The second-order valence-corrected chi connectivity index (χ2v) is 2.51. The Morgan fingerprint density at radius 1 is 1.50 bits per heavy atom. The van der Waals surface area contributed by atoms with Crippen LogP contribution in [0.2, 0.25) is 0 Å². The molecule has 0 radical (unpaired) electrons. The van der Waals surface area contributed by atoms with Gasteiger partial charge in [0.1, 0.15) is 5.75 Å². The SMILES string of the molecule is Cc1cc(/C=C/C#N)ccc1O. The van der Waals surface area contributed by atoms with Crippen LogP contribution in [-0.4, -0.2) is 5.11 Å². The van der Waals surface area contributed by atoms with Crippen LogP contribution in [-0.2, 0) is 0 Å². The Labute approximate surface area is 71.4 Å². The molecule has 2 nitrogen and oxygen atoms in total. The topological polar surface area (TPSA) is 44.0 Å². The summed E-state index contributed by atoms with van der Waals surface area (Å²) in [6.07, 6.45) is 3.11. The minimum atomic E-state index is 0.282. The van der Waals surface area contributed by atoms with Gasteiger partial charge in [0.05, 0.1) is 6.07 Å². The first-order chi connectivity index (χ1) is 5.74. The highest BCUT2D eigenvalue weighted by Crippen LogP contribution is 2.17. The molecule has 2 heteroatoms. The van der Waals surface area contributed by atoms with Gasteiger partial charge in [-0.2, -0.15) is 5.26 Å². The Balaban J connectivity index is 2.99. The van der Waals surface area contributed by atoms with E-state index in [1.165, 1.54) is 6.08 Å². The average molecular weight is 159 g/mol. The van der Waals surface area contributed by atoms with Gasteiger partial charge in [0.25, 0.3) is 0 Å². The van der Waals surface area contributed by atoms with Gasteiger partial charge in [0.2, 0.25) is 0 Å². The van der Waals surface area contributed by atoms with Crippen molar-refractivity contribution in [2.24, 2.45) is 0 Å². The summed E-state index contributed by atoms with van der Waals surface area (Å²) in [4.78, 5) is 0. The van der Waals surface area contributed by atoms with Crippen molar-refractivity contribution in [3.63, 3.8) is 0 Å². The number of benzene rings is 1. The van der Waals surface area contributed by atoms with Gasteiger partial charge < -0.3 is 5.11 Å². The summed E-state index contributed by atoms with van der Waals surface area (Å²) in [7, 11) is 0. The van der Waals surface area contributed by atoms with E-state index >= 15 is 0 Å². The number of phenols is 1. The van der Waals surface area contributed by atoms with Crippen molar-refractivity contribution in [1.82, 2.24) is 0 Å². The van der Waals surface area contributed by atoms with Crippen LogP contribution in [0.1, 0.15) is 11.1 Å². The molecule has 0 saturated carbocycles. The zero-order chi connectivity index (χ0) is 8.97. The van der Waals surface area contributed by atoms with Gasteiger partial charge in [0.15, 0.2) is 0 Å². The molecule has 0 aliphatic rings. The van der Waals surface area contributed by atoms with E-state index in [-0.39, 0.29) is 5.75 Å². The fourth-order valence-electron chi connectivity index (χ4n) is 0.916. The first kappa shape index (κ1) is 8.35. The molecule has 0 bridgehead atoms. The summed E-state index contributed by atoms with van der Waals surface area (Å²) in [6, 6.07) is 7.11. The third-order valence-corrected chi connectivity index (χ3v) is 1.57. The van der Waals surface area contributed by atoms with Gasteiger partial charge >= 0.3 is 0 Å². The lowest BCUT2D eigenvalue weighted by Crippen LogP contribution is -1.76. The van der Waals surface area contributed by atoms with Crippen molar-refractivity contribution in [1.29, 1.82) is 5.26 Å². The molecule has 0 spiro atoms. The Morgan fingerprint density at radius 3 is 2.83 bits per heavy atom. The molecule has 1 rings (SSSR count). The van der Waals surface area contributed by atoms with E-state index in [2.05, 4.69) is 0 Å². The predicted octanol–water partition coefficient (Wildman–Crippen LogP) is 2.24. The molecule has 1 aromatic carbocycles.